The lowest BCUT2D eigenvalue weighted by Gasteiger charge is -2.09. The molecule has 0 radical (unpaired) electrons. The number of hydrogen-bond donors (Lipinski definition) is 1. The molecule has 1 aromatic heterocycles. The van der Waals surface area contributed by atoms with Crippen LogP contribution < -0.4 is 10.1 Å². The van der Waals surface area contributed by atoms with E-state index in [4.69, 9.17) is 21.1 Å². The van der Waals surface area contributed by atoms with E-state index in [1.165, 1.54) is 0 Å². The van der Waals surface area contributed by atoms with Crippen LogP contribution in [0.25, 0.3) is 0 Å². The minimum Gasteiger partial charge on any atom is -0.482 e. The van der Waals surface area contributed by atoms with E-state index in [0.717, 1.165) is 19.4 Å². The molecule has 2 aromatic rings. The average molecular weight is 336 g/mol. The summed E-state index contributed by atoms with van der Waals surface area (Å²) in [5.41, 5.74) is 0.635. The number of hydrogen-bond acceptors (Lipinski definition) is 4. The van der Waals surface area contributed by atoms with Gasteiger partial charge in [0.2, 0.25) is 0 Å². The lowest BCUT2D eigenvalue weighted by Crippen LogP contribution is -2.20. The summed E-state index contributed by atoms with van der Waals surface area (Å²) in [7, 11) is 0. The third-order valence-corrected chi connectivity index (χ3v) is 3.84. The van der Waals surface area contributed by atoms with Gasteiger partial charge in [-0.2, -0.15) is 5.10 Å². The number of amides is 1. The van der Waals surface area contributed by atoms with Crippen molar-refractivity contribution >= 4 is 23.2 Å². The van der Waals surface area contributed by atoms with Gasteiger partial charge in [0.05, 0.1) is 29.6 Å². The molecule has 0 aliphatic carbocycles. The van der Waals surface area contributed by atoms with E-state index >= 15 is 0 Å². The number of aromatic nitrogens is 2. The fourth-order valence-corrected chi connectivity index (χ4v) is 2.62. The van der Waals surface area contributed by atoms with Gasteiger partial charge in [-0.3, -0.25) is 9.48 Å². The van der Waals surface area contributed by atoms with Crippen LogP contribution in [0.1, 0.15) is 12.8 Å². The zero-order valence-electron chi connectivity index (χ0n) is 12.6. The Labute approximate surface area is 139 Å². The van der Waals surface area contributed by atoms with Crippen LogP contribution in [0.3, 0.4) is 0 Å². The Bertz CT molecular complexity index is 668. The molecule has 23 heavy (non-hydrogen) atoms. The number of halogens is 1. The first-order valence-electron chi connectivity index (χ1n) is 7.52. The molecule has 3 rings (SSSR count). The van der Waals surface area contributed by atoms with Gasteiger partial charge >= 0.3 is 0 Å². The third kappa shape index (κ3) is 4.46. The number of rotatable bonds is 6. The molecule has 1 aliphatic rings. The van der Waals surface area contributed by atoms with Gasteiger partial charge in [-0.05, 0) is 25.0 Å². The van der Waals surface area contributed by atoms with E-state index in [9.17, 15) is 4.79 Å². The molecule has 1 atom stereocenters. The molecule has 1 N–H and O–H groups in total. The SMILES string of the molecule is O=C(COc1ccccc1Cl)Nc1cnn(C[C@@H]2CCCO2)c1. The minimum atomic E-state index is -0.262. The number of nitrogens with zero attached hydrogens (tertiary/aromatic N) is 2. The van der Waals surface area contributed by atoms with Gasteiger partial charge in [-0.25, -0.2) is 0 Å². The van der Waals surface area contributed by atoms with Crippen molar-refractivity contribution in [3.63, 3.8) is 0 Å². The molecule has 0 unspecified atom stereocenters. The van der Waals surface area contributed by atoms with Crippen molar-refractivity contribution in [2.45, 2.75) is 25.5 Å². The maximum Gasteiger partial charge on any atom is 0.262 e. The van der Waals surface area contributed by atoms with Crippen LogP contribution in [0.4, 0.5) is 5.69 Å². The maximum absolute atomic E-state index is 11.9. The molecule has 1 aromatic carbocycles. The van der Waals surface area contributed by atoms with Crippen LogP contribution in [-0.4, -0.2) is 35.0 Å². The predicted molar refractivity (Wildman–Crippen MR) is 86.8 cm³/mol. The van der Waals surface area contributed by atoms with E-state index in [2.05, 4.69) is 10.4 Å². The highest BCUT2D eigenvalue weighted by molar-refractivity contribution is 6.32. The Hall–Kier alpha value is -2.05. The summed E-state index contributed by atoms with van der Waals surface area (Å²) in [5, 5.41) is 7.45. The van der Waals surface area contributed by atoms with Crippen molar-refractivity contribution in [2.24, 2.45) is 0 Å². The normalized spacial score (nSPS) is 17.2. The van der Waals surface area contributed by atoms with Crippen LogP contribution >= 0.6 is 11.6 Å². The molecule has 1 amide bonds. The zero-order valence-corrected chi connectivity index (χ0v) is 13.3. The Kier molecular flexibility index (Phi) is 5.15. The molecular weight excluding hydrogens is 318 g/mol. The van der Waals surface area contributed by atoms with Crippen molar-refractivity contribution < 1.29 is 14.3 Å². The topological polar surface area (TPSA) is 65.4 Å². The second kappa shape index (κ2) is 7.48. The predicted octanol–water partition coefficient (Wildman–Crippen LogP) is 2.73. The molecular formula is C16H18ClN3O3. The summed E-state index contributed by atoms with van der Waals surface area (Å²) in [6.45, 7) is 1.40. The van der Waals surface area contributed by atoms with Crippen molar-refractivity contribution in [3.8, 4) is 5.75 Å². The number of anilines is 1. The highest BCUT2D eigenvalue weighted by atomic mass is 35.5. The first kappa shape index (κ1) is 15.8. The largest absolute Gasteiger partial charge is 0.482 e. The van der Waals surface area contributed by atoms with E-state index in [1.807, 2.05) is 0 Å². The quantitative estimate of drug-likeness (QED) is 0.881. The van der Waals surface area contributed by atoms with E-state index in [-0.39, 0.29) is 18.6 Å². The lowest BCUT2D eigenvalue weighted by atomic mass is 10.2. The van der Waals surface area contributed by atoms with Crippen LogP contribution in [0.2, 0.25) is 5.02 Å². The van der Waals surface area contributed by atoms with Crippen molar-refractivity contribution in [2.75, 3.05) is 18.5 Å². The van der Waals surface area contributed by atoms with Gasteiger partial charge in [-0.1, -0.05) is 23.7 Å². The molecule has 0 bridgehead atoms. The van der Waals surface area contributed by atoms with Gasteiger partial charge in [0.1, 0.15) is 5.75 Å². The van der Waals surface area contributed by atoms with Crippen LogP contribution in [-0.2, 0) is 16.1 Å². The van der Waals surface area contributed by atoms with Gasteiger partial charge in [0.25, 0.3) is 5.91 Å². The number of carbonyl (C=O) groups is 1. The molecule has 0 spiro atoms. The van der Waals surface area contributed by atoms with Crippen LogP contribution in [0.5, 0.6) is 5.75 Å². The maximum atomic E-state index is 11.9. The van der Waals surface area contributed by atoms with Gasteiger partial charge in [-0.15, -0.1) is 0 Å². The highest BCUT2D eigenvalue weighted by Crippen LogP contribution is 2.23. The van der Waals surface area contributed by atoms with E-state index < -0.39 is 0 Å². The lowest BCUT2D eigenvalue weighted by molar-refractivity contribution is -0.118. The number of benzene rings is 1. The molecule has 2 heterocycles. The number of nitrogens with one attached hydrogen (secondary N) is 1. The van der Waals surface area contributed by atoms with Crippen molar-refractivity contribution in [1.29, 1.82) is 0 Å². The molecule has 6 nitrogen and oxygen atoms in total. The average Bonchev–Trinajstić information content (AvgIpc) is 3.19. The van der Waals surface area contributed by atoms with Gasteiger partial charge < -0.3 is 14.8 Å². The first-order valence-corrected chi connectivity index (χ1v) is 7.90. The second-order valence-corrected chi connectivity index (χ2v) is 5.76. The summed E-state index contributed by atoms with van der Waals surface area (Å²) < 4.78 is 12.7. The van der Waals surface area contributed by atoms with Crippen molar-refractivity contribution in [1.82, 2.24) is 9.78 Å². The van der Waals surface area contributed by atoms with E-state index in [0.29, 0.717) is 23.0 Å². The molecule has 122 valence electrons. The first-order chi connectivity index (χ1) is 11.2. The zero-order chi connectivity index (χ0) is 16.1. The number of para-hydroxylation sites is 1. The standard InChI is InChI=1S/C16H18ClN3O3/c17-14-5-1-2-6-15(14)23-11-16(21)19-12-8-18-20(9-12)10-13-4-3-7-22-13/h1-2,5-6,8-9,13H,3-4,7,10-11H2,(H,19,21)/t13-/m0/s1. The summed E-state index contributed by atoms with van der Waals surface area (Å²) in [5.74, 6) is 0.222. The Morgan fingerprint density at radius 3 is 3.13 bits per heavy atom. The number of carbonyl (C=O) groups excluding carboxylic acids is 1. The fourth-order valence-electron chi connectivity index (χ4n) is 2.43. The van der Waals surface area contributed by atoms with Gasteiger partial charge in [0.15, 0.2) is 6.61 Å². The Balaban J connectivity index is 1.48. The molecule has 1 aliphatic heterocycles. The van der Waals surface area contributed by atoms with Crippen LogP contribution in [0, 0.1) is 0 Å². The monoisotopic (exact) mass is 335 g/mol. The molecule has 1 saturated heterocycles. The summed E-state index contributed by atoms with van der Waals surface area (Å²) >= 11 is 5.97. The summed E-state index contributed by atoms with van der Waals surface area (Å²) in [6, 6.07) is 7.03. The summed E-state index contributed by atoms with van der Waals surface area (Å²) in [4.78, 5) is 11.9. The summed E-state index contributed by atoms with van der Waals surface area (Å²) in [6.07, 6.45) is 5.75. The van der Waals surface area contributed by atoms with Gasteiger partial charge in [0, 0.05) is 12.8 Å². The Morgan fingerprint density at radius 1 is 1.48 bits per heavy atom. The molecule has 7 heteroatoms. The highest BCUT2D eigenvalue weighted by Gasteiger charge is 2.16. The third-order valence-electron chi connectivity index (χ3n) is 3.53. The smallest absolute Gasteiger partial charge is 0.262 e. The molecule has 1 fully saturated rings. The second-order valence-electron chi connectivity index (χ2n) is 5.35. The van der Waals surface area contributed by atoms with Crippen LogP contribution in [0.15, 0.2) is 36.7 Å². The van der Waals surface area contributed by atoms with Crippen molar-refractivity contribution in [3.05, 3.63) is 41.7 Å². The van der Waals surface area contributed by atoms with E-state index in [1.54, 1.807) is 41.3 Å². The molecule has 0 saturated carbocycles. The minimum absolute atomic E-state index is 0.110. The number of ether oxygens (including phenoxy) is 2. The fraction of sp³-hybridized carbons (Fsp3) is 0.375. The Morgan fingerprint density at radius 2 is 2.35 bits per heavy atom.